The molecule has 1 saturated carbocycles. The van der Waals surface area contributed by atoms with Crippen LogP contribution in [0.15, 0.2) is 0 Å². The van der Waals surface area contributed by atoms with E-state index in [1.165, 1.54) is 0 Å². The Morgan fingerprint density at radius 3 is 2.80 bits per heavy atom. The molecule has 1 aliphatic carbocycles. The number of carbonyl (C=O) groups is 1. The molecule has 56 valence electrons. The Balaban J connectivity index is 2.25. The molecular weight excluding hydrogens is 132 g/mol. The minimum Gasteiger partial charge on any atom is -0.390 e. The van der Waals surface area contributed by atoms with Crippen molar-refractivity contribution in [3.05, 3.63) is 0 Å². The van der Waals surface area contributed by atoms with E-state index in [1.807, 2.05) is 0 Å². The highest BCUT2D eigenvalue weighted by molar-refractivity contribution is 5.94. The number of epoxide rings is 1. The van der Waals surface area contributed by atoms with E-state index in [0.717, 1.165) is 6.42 Å². The lowest BCUT2D eigenvalue weighted by Crippen LogP contribution is -2.34. The maximum atomic E-state index is 11.1. The highest BCUT2D eigenvalue weighted by Crippen LogP contribution is 2.49. The number of hydrogen-bond acceptors (Lipinski definition) is 3. The van der Waals surface area contributed by atoms with Crippen LogP contribution in [0, 0.1) is 0 Å². The number of aliphatic hydroxyl groups excluding tert-OH is 1. The molecule has 10 heavy (non-hydrogen) atoms. The van der Waals surface area contributed by atoms with Gasteiger partial charge in [-0.1, -0.05) is 0 Å². The summed E-state index contributed by atoms with van der Waals surface area (Å²) in [4.78, 5) is 11.1. The zero-order valence-electron chi connectivity index (χ0n) is 5.83. The van der Waals surface area contributed by atoms with Crippen molar-refractivity contribution in [2.24, 2.45) is 0 Å². The molecule has 2 fully saturated rings. The van der Waals surface area contributed by atoms with Crippen LogP contribution in [0.4, 0.5) is 0 Å². The molecule has 0 aromatic heterocycles. The molecule has 0 aromatic rings. The number of ether oxygens (including phenoxy) is 1. The van der Waals surface area contributed by atoms with Gasteiger partial charge >= 0.3 is 0 Å². The van der Waals surface area contributed by atoms with Crippen LogP contribution in [0.3, 0.4) is 0 Å². The van der Waals surface area contributed by atoms with Gasteiger partial charge in [0.15, 0.2) is 11.4 Å². The molecule has 1 saturated heterocycles. The van der Waals surface area contributed by atoms with Crippen molar-refractivity contribution in [3.8, 4) is 0 Å². The lowest BCUT2D eigenvalue weighted by atomic mass is 10.0. The van der Waals surface area contributed by atoms with Crippen molar-refractivity contribution < 1.29 is 14.6 Å². The topological polar surface area (TPSA) is 49.8 Å². The highest BCUT2D eigenvalue weighted by Gasteiger charge is 2.68. The third-order valence-electron chi connectivity index (χ3n) is 2.45. The third-order valence-corrected chi connectivity index (χ3v) is 2.45. The zero-order valence-corrected chi connectivity index (χ0v) is 5.83. The molecule has 2 aliphatic rings. The molecule has 0 amide bonds. The van der Waals surface area contributed by atoms with Crippen LogP contribution in [-0.2, 0) is 9.53 Å². The van der Waals surface area contributed by atoms with Crippen LogP contribution in [0.1, 0.15) is 19.8 Å². The first kappa shape index (κ1) is 6.31. The van der Waals surface area contributed by atoms with Gasteiger partial charge in [0, 0.05) is 6.42 Å². The molecule has 1 heterocycles. The van der Waals surface area contributed by atoms with Gasteiger partial charge in [0.25, 0.3) is 0 Å². The summed E-state index contributed by atoms with van der Waals surface area (Å²) in [5, 5.41) is 9.18. The molecule has 0 radical (unpaired) electrons. The molecule has 3 nitrogen and oxygen atoms in total. The maximum Gasteiger partial charge on any atom is 0.178 e. The maximum absolute atomic E-state index is 11.1. The molecule has 3 unspecified atom stereocenters. The number of hydrogen-bond donors (Lipinski definition) is 1. The fourth-order valence-electron chi connectivity index (χ4n) is 1.78. The SMILES string of the molecule is CC(O)C12OC1CCC2=O. The average molecular weight is 142 g/mol. The van der Waals surface area contributed by atoms with Crippen LogP contribution in [-0.4, -0.2) is 28.7 Å². The van der Waals surface area contributed by atoms with Gasteiger partial charge in [0.1, 0.15) is 0 Å². The lowest BCUT2D eigenvalue weighted by Gasteiger charge is -2.09. The van der Waals surface area contributed by atoms with E-state index >= 15 is 0 Å². The van der Waals surface area contributed by atoms with Crippen molar-refractivity contribution in [1.82, 2.24) is 0 Å². The number of aliphatic hydroxyl groups is 1. The van der Waals surface area contributed by atoms with Gasteiger partial charge in [-0.25, -0.2) is 0 Å². The Morgan fingerprint density at radius 2 is 2.60 bits per heavy atom. The standard InChI is InChI=1S/C7H10O3/c1-4(8)7-5(9)2-3-6(7)10-7/h4,6,8H,2-3H2,1H3. The second kappa shape index (κ2) is 1.60. The largest absolute Gasteiger partial charge is 0.390 e. The van der Waals surface area contributed by atoms with Crippen molar-refractivity contribution in [2.75, 3.05) is 0 Å². The highest BCUT2D eigenvalue weighted by atomic mass is 16.6. The molecular formula is C7H10O3. The van der Waals surface area contributed by atoms with Crippen LogP contribution in [0.2, 0.25) is 0 Å². The van der Waals surface area contributed by atoms with Gasteiger partial charge < -0.3 is 9.84 Å². The van der Waals surface area contributed by atoms with Gasteiger partial charge in [0.2, 0.25) is 0 Å². The first-order valence-corrected chi connectivity index (χ1v) is 3.57. The third kappa shape index (κ3) is 0.503. The molecule has 1 N–H and O–H groups in total. The first-order chi connectivity index (χ1) is 4.68. The van der Waals surface area contributed by atoms with Crippen LogP contribution in [0.5, 0.6) is 0 Å². The fourth-order valence-corrected chi connectivity index (χ4v) is 1.78. The molecule has 3 heteroatoms. The van der Waals surface area contributed by atoms with E-state index in [4.69, 9.17) is 4.74 Å². The average Bonchev–Trinajstić information content (AvgIpc) is 2.52. The van der Waals surface area contributed by atoms with Crippen molar-refractivity contribution in [1.29, 1.82) is 0 Å². The number of ketones is 1. The fraction of sp³-hybridized carbons (Fsp3) is 0.857. The molecule has 1 aliphatic heterocycles. The summed E-state index contributed by atoms with van der Waals surface area (Å²) in [6.45, 7) is 1.61. The molecule has 0 aromatic carbocycles. The molecule has 2 rings (SSSR count). The van der Waals surface area contributed by atoms with Gasteiger partial charge in [-0.2, -0.15) is 0 Å². The van der Waals surface area contributed by atoms with E-state index < -0.39 is 11.7 Å². The van der Waals surface area contributed by atoms with E-state index in [9.17, 15) is 9.90 Å². The summed E-state index contributed by atoms with van der Waals surface area (Å²) in [5.74, 6) is 0.0764. The van der Waals surface area contributed by atoms with Gasteiger partial charge in [-0.3, -0.25) is 4.79 Å². The Kier molecular flexibility index (Phi) is 1.01. The van der Waals surface area contributed by atoms with E-state index in [-0.39, 0.29) is 11.9 Å². The second-order valence-corrected chi connectivity index (χ2v) is 3.04. The Labute approximate surface area is 59.0 Å². The number of fused-ring (bicyclic) bond motifs is 1. The summed E-state index contributed by atoms with van der Waals surface area (Å²) < 4.78 is 5.11. The Morgan fingerprint density at radius 1 is 1.90 bits per heavy atom. The summed E-state index contributed by atoms with van der Waals surface area (Å²) in [6.07, 6.45) is 0.770. The predicted molar refractivity (Wildman–Crippen MR) is 33.5 cm³/mol. The number of Topliss-reactive ketones (excluding diaryl/α,β-unsaturated/α-hetero) is 1. The lowest BCUT2D eigenvalue weighted by molar-refractivity contribution is -0.127. The van der Waals surface area contributed by atoms with E-state index in [1.54, 1.807) is 6.92 Å². The second-order valence-electron chi connectivity index (χ2n) is 3.04. The molecule has 0 spiro atoms. The van der Waals surface area contributed by atoms with Crippen molar-refractivity contribution in [2.45, 2.75) is 37.6 Å². The Hall–Kier alpha value is -0.410. The quantitative estimate of drug-likeness (QED) is 0.519. The van der Waals surface area contributed by atoms with Gasteiger partial charge in [0.05, 0.1) is 12.2 Å². The first-order valence-electron chi connectivity index (χ1n) is 3.57. The van der Waals surface area contributed by atoms with Crippen molar-refractivity contribution in [3.63, 3.8) is 0 Å². The summed E-state index contributed by atoms with van der Waals surface area (Å²) in [7, 11) is 0. The molecule has 3 atom stereocenters. The Bertz CT molecular complexity index is 183. The summed E-state index contributed by atoms with van der Waals surface area (Å²) in [6, 6.07) is 0. The van der Waals surface area contributed by atoms with E-state index in [2.05, 4.69) is 0 Å². The van der Waals surface area contributed by atoms with Crippen LogP contribution >= 0.6 is 0 Å². The van der Waals surface area contributed by atoms with Gasteiger partial charge in [-0.05, 0) is 13.3 Å². The van der Waals surface area contributed by atoms with Crippen LogP contribution < -0.4 is 0 Å². The predicted octanol–water partition coefficient (Wildman–Crippen LogP) is -0.132. The monoisotopic (exact) mass is 142 g/mol. The smallest absolute Gasteiger partial charge is 0.178 e. The number of rotatable bonds is 1. The summed E-state index contributed by atoms with van der Waals surface area (Å²) >= 11 is 0. The zero-order chi connectivity index (χ0) is 7.35. The minimum atomic E-state index is -0.764. The molecule has 0 bridgehead atoms. The van der Waals surface area contributed by atoms with Crippen LogP contribution in [0.25, 0.3) is 0 Å². The van der Waals surface area contributed by atoms with Crippen molar-refractivity contribution >= 4 is 5.78 Å². The van der Waals surface area contributed by atoms with Gasteiger partial charge in [-0.15, -0.1) is 0 Å². The minimum absolute atomic E-state index is 0.0278. The number of carbonyl (C=O) groups excluding carboxylic acids is 1. The van der Waals surface area contributed by atoms with E-state index in [0.29, 0.717) is 6.42 Å². The normalized spacial score (nSPS) is 47.0. The summed E-state index contributed by atoms with van der Waals surface area (Å²) in [5.41, 5.74) is -0.764.